The van der Waals surface area contributed by atoms with Crippen molar-refractivity contribution in [2.75, 3.05) is 12.4 Å². The van der Waals surface area contributed by atoms with Crippen LogP contribution in [0.3, 0.4) is 0 Å². The van der Waals surface area contributed by atoms with Crippen LogP contribution in [0.5, 0.6) is 0 Å². The maximum atomic E-state index is 12.5. The Balaban J connectivity index is 2.32. The highest BCUT2D eigenvalue weighted by molar-refractivity contribution is 6.36. The van der Waals surface area contributed by atoms with E-state index < -0.39 is 11.4 Å². The van der Waals surface area contributed by atoms with Crippen molar-refractivity contribution < 1.29 is 9.59 Å². The third kappa shape index (κ3) is 4.99. The van der Waals surface area contributed by atoms with E-state index >= 15 is 0 Å². The van der Waals surface area contributed by atoms with E-state index in [4.69, 9.17) is 28.9 Å². The van der Waals surface area contributed by atoms with Crippen LogP contribution in [0.1, 0.15) is 36.3 Å². The number of aliphatic imine (C=N–C) groups is 1. The number of halogens is 2. The monoisotopic (exact) mass is 421 g/mol. The number of nitrogens with zero attached hydrogens (tertiary/aromatic N) is 3. The van der Waals surface area contributed by atoms with Gasteiger partial charge in [0.2, 0.25) is 6.41 Å². The average molecular weight is 422 g/mol. The number of hydrogen-bond donors (Lipinski definition) is 2. The number of nitrogens with two attached hydrogens (primary N) is 1. The molecule has 0 spiro atoms. The molecule has 148 valence electrons. The smallest absolute Gasteiger partial charge is 0.275 e. The minimum atomic E-state index is -0.682. The van der Waals surface area contributed by atoms with Crippen molar-refractivity contribution in [2.45, 2.75) is 25.8 Å². The number of pyridine rings is 1. The Morgan fingerprint density at radius 3 is 2.71 bits per heavy atom. The van der Waals surface area contributed by atoms with Gasteiger partial charge in [0.1, 0.15) is 5.69 Å². The van der Waals surface area contributed by atoms with Gasteiger partial charge in [0.25, 0.3) is 5.91 Å². The Morgan fingerprint density at radius 2 is 2.11 bits per heavy atom. The molecule has 0 fully saturated rings. The lowest BCUT2D eigenvalue weighted by atomic mass is 9.89. The molecule has 0 aliphatic carbocycles. The lowest BCUT2D eigenvalue weighted by molar-refractivity contribution is -0.114. The molecule has 2 amide bonds. The third-order valence-electron chi connectivity index (χ3n) is 4.33. The highest BCUT2D eigenvalue weighted by Crippen LogP contribution is 2.31. The Hall–Kier alpha value is -2.64. The fourth-order valence-electron chi connectivity index (χ4n) is 2.44. The van der Waals surface area contributed by atoms with Gasteiger partial charge in [-0.15, -0.1) is 0 Å². The lowest BCUT2D eigenvalue weighted by Crippen LogP contribution is -2.36. The van der Waals surface area contributed by atoms with Crippen LogP contribution in [-0.2, 0) is 10.3 Å². The number of amides is 2. The first kappa shape index (κ1) is 21.7. The van der Waals surface area contributed by atoms with Crippen LogP contribution in [0, 0.1) is 0 Å². The molecule has 0 saturated heterocycles. The molecule has 9 heteroatoms. The third-order valence-corrected chi connectivity index (χ3v) is 4.83. The number of nitrogens with one attached hydrogen (secondary N) is 1. The van der Waals surface area contributed by atoms with Crippen molar-refractivity contribution in [3.05, 3.63) is 57.8 Å². The highest BCUT2D eigenvalue weighted by Gasteiger charge is 2.25. The van der Waals surface area contributed by atoms with Gasteiger partial charge < -0.3 is 11.1 Å². The van der Waals surface area contributed by atoms with Crippen LogP contribution < -0.4 is 11.1 Å². The number of guanidine groups is 1. The summed E-state index contributed by atoms with van der Waals surface area (Å²) in [4.78, 5) is 33.1. The quantitative estimate of drug-likeness (QED) is 0.421. The number of benzene rings is 1. The molecular weight excluding hydrogens is 401 g/mol. The number of rotatable bonds is 6. The zero-order valence-electron chi connectivity index (χ0n) is 15.7. The van der Waals surface area contributed by atoms with Gasteiger partial charge in [-0.05, 0) is 37.1 Å². The fourth-order valence-corrected chi connectivity index (χ4v) is 2.90. The van der Waals surface area contributed by atoms with Crippen LogP contribution in [0.2, 0.25) is 10.0 Å². The van der Waals surface area contributed by atoms with Gasteiger partial charge in [-0.2, -0.15) is 0 Å². The summed E-state index contributed by atoms with van der Waals surface area (Å²) in [5, 5.41) is 3.27. The fraction of sp³-hybridized carbons (Fsp3) is 0.263. The first-order valence-electron chi connectivity index (χ1n) is 8.46. The van der Waals surface area contributed by atoms with E-state index in [2.05, 4.69) is 15.3 Å². The Bertz CT molecular complexity index is 919. The normalized spacial score (nSPS) is 13.5. The highest BCUT2D eigenvalue weighted by atomic mass is 35.5. The van der Waals surface area contributed by atoms with Gasteiger partial charge in [0.05, 0.1) is 15.6 Å². The van der Waals surface area contributed by atoms with Crippen molar-refractivity contribution in [1.82, 2.24) is 9.88 Å². The molecule has 7 nitrogen and oxygen atoms in total. The average Bonchev–Trinajstić information content (AvgIpc) is 2.67. The Morgan fingerprint density at radius 1 is 1.39 bits per heavy atom. The molecule has 1 aromatic carbocycles. The molecule has 0 aliphatic heterocycles. The summed E-state index contributed by atoms with van der Waals surface area (Å²) in [7, 11) is 1.53. The summed E-state index contributed by atoms with van der Waals surface area (Å²) >= 11 is 11.9. The molecule has 3 N–H and O–H groups in total. The first-order chi connectivity index (χ1) is 13.2. The Kier molecular flexibility index (Phi) is 6.99. The second-order valence-electron chi connectivity index (χ2n) is 6.33. The molecule has 0 bridgehead atoms. The molecule has 0 aliphatic rings. The van der Waals surface area contributed by atoms with Crippen LogP contribution in [0.4, 0.5) is 5.69 Å². The predicted molar refractivity (Wildman–Crippen MR) is 112 cm³/mol. The Labute approximate surface area is 173 Å². The van der Waals surface area contributed by atoms with Crippen molar-refractivity contribution in [3.63, 3.8) is 0 Å². The molecule has 0 saturated carbocycles. The van der Waals surface area contributed by atoms with Crippen molar-refractivity contribution >= 4 is 47.2 Å². The van der Waals surface area contributed by atoms with Gasteiger partial charge >= 0.3 is 0 Å². The van der Waals surface area contributed by atoms with E-state index in [1.54, 1.807) is 18.2 Å². The van der Waals surface area contributed by atoms with E-state index in [-0.39, 0.29) is 16.7 Å². The van der Waals surface area contributed by atoms with Crippen LogP contribution in [0.15, 0.2) is 41.5 Å². The SMILES string of the molecule is CC[C@](C)(/N=C(/N)N(C)C=O)c1cccc(NC(=O)c2ncc(Cl)cc2Cl)c1. The second-order valence-corrected chi connectivity index (χ2v) is 7.18. The van der Waals surface area contributed by atoms with Gasteiger partial charge in [0.15, 0.2) is 5.96 Å². The number of aromatic nitrogens is 1. The zero-order valence-corrected chi connectivity index (χ0v) is 17.3. The molecule has 1 heterocycles. The summed E-state index contributed by atoms with van der Waals surface area (Å²) in [6.45, 7) is 3.86. The predicted octanol–water partition coefficient (Wildman–Crippen LogP) is 3.67. The lowest BCUT2D eigenvalue weighted by Gasteiger charge is -2.26. The van der Waals surface area contributed by atoms with Gasteiger partial charge in [-0.25, -0.2) is 9.98 Å². The summed E-state index contributed by atoms with van der Waals surface area (Å²) in [5.41, 5.74) is 6.66. The summed E-state index contributed by atoms with van der Waals surface area (Å²) < 4.78 is 0. The molecule has 2 aromatic rings. The van der Waals surface area contributed by atoms with E-state index in [1.807, 2.05) is 19.9 Å². The van der Waals surface area contributed by atoms with E-state index in [0.717, 1.165) is 5.56 Å². The number of hydrogen-bond acceptors (Lipinski definition) is 4. The molecule has 2 rings (SSSR count). The summed E-state index contributed by atoms with van der Waals surface area (Å²) in [5.74, 6) is -0.355. The van der Waals surface area contributed by atoms with E-state index in [1.165, 1.54) is 24.2 Å². The number of carbonyl (C=O) groups excluding carboxylic acids is 2. The molecule has 0 unspecified atom stereocenters. The molecular formula is C19H21Cl2N5O2. The molecule has 0 radical (unpaired) electrons. The molecule has 28 heavy (non-hydrogen) atoms. The largest absolute Gasteiger partial charge is 0.369 e. The van der Waals surface area contributed by atoms with E-state index in [0.29, 0.717) is 23.5 Å². The van der Waals surface area contributed by atoms with Gasteiger partial charge in [-0.1, -0.05) is 42.3 Å². The maximum Gasteiger partial charge on any atom is 0.275 e. The van der Waals surface area contributed by atoms with Crippen molar-refractivity contribution in [1.29, 1.82) is 0 Å². The maximum absolute atomic E-state index is 12.5. The molecule has 1 aromatic heterocycles. The molecule has 1 atom stereocenters. The first-order valence-corrected chi connectivity index (χ1v) is 9.22. The summed E-state index contributed by atoms with van der Waals surface area (Å²) in [6.07, 6.45) is 2.57. The van der Waals surface area contributed by atoms with Gasteiger partial charge in [0, 0.05) is 18.9 Å². The second kappa shape index (κ2) is 9.03. The van der Waals surface area contributed by atoms with Crippen molar-refractivity contribution in [3.8, 4) is 0 Å². The standard InChI is InChI=1S/C19H21Cl2N5O2/c1-4-19(2,25-18(22)26(3)11-27)12-6-5-7-14(8-12)24-17(28)16-15(21)9-13(20)10-23-16/h5-11H,4H2,1-3H3,(H2,22,25)(H,24,28)/t19-/m0/s1. The zero-order chi connectivity index (χ0) is 20.9. The number of carbonyl (C=O) groups is 2. The van der Waals surface area contributed by atoms with Crippen LogP contribution in [-0.4, -0.2) is 35.2 Å². The topological polar surface area (TPSA) is 101 Å². The minimum absolute atomic E-state index is 0.0737. The van der Waals surface area contributed by atoms with E-state index in [9.17, 15) is 9.59 Å². The summed E-state index contributed by atoms with van der Waals surface area (Å²) in [6, 6.07) is 8.67. The number of anilines is 1. The van der Waals surface area contributed by atoms with Crippen LogP contribution >= 0.6 is 23.2 Å². The minimum Gasteiger partial charge on any atom is -0.369 e. The van der Waals surface area contributed by atoms with Gasteiger partial charge in [-0.3, -0.25) is 14.5 Å². The van der Waals surface area contributed by atoms with Crippen LogP contribution in [0.25, 0.3) is 0 Å². The van der Waals surface area contributed by atoms with Crippen molar-refractivity contribution in [2.24, 2.45) is 10.7 Å².